The number of fused-ring (bicyclic) bond motifs is 3. The second-order valence-corrected chi connectivity index (χ2v) is 13.0. The molecule has 0 saturated heterocycles. The van der Waals surface area contributed by atoms with Gasteiger partial charge in [0.05, 0.1) is 22.5 Å². The first-order chi connectivity index (χ1) is 24.8. The Balaban J connectivity index is 1.34. The van der Waals surface area contributed by atoms with E-state index in [1.807, 2.05) is 6.07 Å². The van der Waals surface area contributed by atoms with E-state index >= 15 is 0 Å². The predicted octanol–water partition coefficient (Wildman–Crippen LogP) is 12.5. The summed E-state index contributed by atoms with van der Waals surface area (Å²) in [6.07, 6.45) is 8.76. The highest BCUT2D eigenvalue weighted by Crippen LogP contribution is 2.59. The van der Waals surface area contributed by atoms with Crippen molar-refractivity contribution in [2.45, 2.75) is 18.3 Å². The Labute approximate surface area is 295 Å². The number of rotatable bonds is 7. The van der Waals surface area contributed by atoms with Crippen LogP contribution in [0.5, 0.6) is 0 Å². The zero-order valence-electron chi connectivity index (χ0n) is 27.8. The summed E-state index contributed by atoms with van der Waals surface area (Å²) in [4.78, 5) is 2.42. The highest BCUT2D eigenvalue weighted by molar-refractivity contribution is 5.98. The molecule has 0 N–H and O–H groups in total. The van der Waals surface area contributed by atoms with E-state index in [9.17, 15) is 0 Å². The zero-order chi connectivity index (χ0) is 33.3. The lowest BCUT2D eigenvalue weighted by Crippen LogP contribution is -2.28. The normalized spacial score (nSPS) is 13.9. The first-order valence-corrected chi connectivity index (χ1v) is 17.4. The molecule has 50 heavy (non-hydrogen) atoms. The fourth-order valence-electron chi connectivity index (χ4n) is 8.11. The van der Waals surface area contributed by atoms with Crippen LogP contribution < -0.4 is 4.90 Å². The van der Waals surface area contributed by atoms with Crippen molar-refractivity contribution in [1.29, 1.82) is 0 Å². The van der Waals surface area contributed by atoms with Crippen LogP contribution in [0.15, 0.2) is 188 Å². The number of benzene rings is 6. The topological polar surface area (TPSA) is 3.24 Å². The van der Waals surface area contributed by atoms with Crippen molar-refractivity contribution in [1.82, 2.24) is 0 Å². The van der Waals surface area contributed by atoms with E-state index in [1.54, 1.807) is 0 Å². The molecule has 9 rings (SSSR count). The van der Waals surface area contributed by atoms with Crippen LogP contribution >= 0.6 is 0 Å². The van der Waals surface area contributed by atoms with Crippen LogP contribution in [-0.4, -0.2) is 0 Å². The van der Waals surface area contributed by atoms with Gasteiger partial charge in [0, 0.05) is 16.7 Å². The molecule has 1 nitrogen and oxygen atoms in total. The molecule has 0 heterocycles. The smallest absolute Gasteiger partial charge is 0.0974 e. The largest absolute Gasteiger partial charge is 0.302 e. The number of allylic oxidation sites excluding steroid dienone is 4. The predicted molar refractivity (Wildman–Crippen MR) is 208 cm³/mol. The van der Waals surface area contributed by atoms with Gasteiger partial charge in [-0.05, 0) is 82.1 Å². The fourth-order valence-corrected chi connectivity index (χ4v) is 8.11. The first kappa shape index (κ1) is 29.8. The molecule has 0 radical (unpaired) electrons. The standard InChI is InChI=1S/C49H35N/c1-5-18-36(19-6-1)37-32-34-41(35-33-37)50(46-30-16-14-26-42(46)38-20-7-2-8-21-38)47-31-17-29-45-48(47)43-27-13-15-28-44(43)49(45,39-22-9-3-10-23-39)40-24-11-4-12-25-40/h1-7,9-20,22-32,34H,8,21H2. The summed E-state index contributed by atoms with van der Waals surface area (Å²) in [5, 5.41) is 0. The summed E-state index contributed by atoms with van der Waals surface area (Å²) in [5.74, 6) is 0. The first-order valence-electron chi connectivity index (χ1n) is 17.4. The fraction of sp³-hybridized carbons (Fsp3) is 0.0612. The second kappa shape index (κ2) is 12.6. The van der Waals surface area contributed by atoms with Gasteiger partial charge >= 0.3 is 0 Å². The number of nitrogens with zero attached hydrogens (tertiary/aromatic N) is 1. The third kappa shape index (κ3) is 4.80. The molecule has 0 aliphatic heterocycles. The van der Waals surface area contributed by atoms with Crippen LogP contribution in [0.4, 0.5) is 17.1 Å². The average molecular weight is 638 g/mol. The molecule has 0 bridgehead atoms. The maximum atomic E-state index is 3.63. The van der Waals surface area contributed by atoms with Crippen LogP contribution in [0.3, 0.4) is 0 Å². The number of hydrogen-bond donors (Lipinski definition) is 0. The Morgan fingerprint density at radius 3 is 1.80 bits per heavy atom. The van der Waals surface area contributed by atoms with Crippen molar-refractivity contribution in [3.05, 3.63) is 228 Å². The van der Waals surface area contributed by atoms with Gasteiger partial charge in [-0.15, -0.1) is 0 Å². The van der Waals surface area contributed by atoms with Crippen LogP contribution in [-0.2, 0) is 5.41 Å². The monoisotopic (exact) mass is 637 g/mol. The summed E-state index contributed by atoms with van der Waals surface area (Å²) in [5.41, 5.74) is 15.0. The lowest BCUT2D eigenvalue weighted by molar-refractivity contribution is 0.768. The maximum Gasteiger partial charge on any atom is 0.0974 e. The van der Waals surface area contributed by atoms with Gasteiger partial charge in [0.2, 0.25) is 0 Å². The van der Waals surface area contributed by atoms with Crippen LogP contribution in [0.25, 0.3) is 27.8 Å². The van der Waals surface area contributed by atoms with Crippen molar-refractivity contribution >= 4 is 22.6 Å². The minimum absolute atomic E-state index is 0.487. The van der Waals surface area contributed by atoms with E-state index in [2.05, 4.69) is 199 Å². The van der Waals surface area contributed by atoms with E-state index in [-0.39, 0.29) is 0 Å². The quantitative estimate of drug-likeness (QED) is 0.168. The molecule has 236 valence electrons. The average Bonchev–Trinajstić information content (AvgIpc) is 3.52. The van der Waals surface area contributed by atoms with Crippen molar-refractivity contribution < 1.29 is 0 Å². The molecule has 0 spiro atoms. The molecule has 0 fully saturated rings. The molecule has 2 aliphatic rings. The molecule has 0 atom stereocenters. The van der Waals surface area contributed by atoms with Gasteiger partial charge in [-0.2, -0.15) is 0 Å². The Kier molecular flexibility index (Phi) is 7.49. The van der Waals surface area contributed by atoms with E-state index in [1.165, 1.54) is 44.5 Å². The van der Waals surface area contributed by atoms with Crippen molar-refractivity contribution in [2.24, 2.45) is 0 Å². The maximum absolute atomic E-state index is 3.63. The minimum atomic E-state index is -0.487. The summed E-state index contributed by atoms with van der Waals surface area (Å²) in [6, 6.07) is 68.7. The molecule has 2 aliphatic carbocycles. The summed E-state index contributed by atoms with van der Waals surface area (Å²) < 4.78 is 0. The van der Waals surface area contributed by atoms with Gasteiger partial charge in [-0.1, -0.05) is 170 Å². The highest BCUT2D eigenvalue weighted by atomic mass is 15.1. The van der Waals surface area contributed by atoms with E-state index in [0.717, 1.165) is 41.0 Å². The Morgan fingerprint density at radius 2 is 1.12 bits per heavy atom. The molecule has 7 aromatic rings. The Morgan fingerprint density at radius 1 is 0.500 bits per heavy atom. The second-order valence-electron chi connectivity index (χ2n) is 13.0. The van der Waals surface area contributed by atoms with E-state index in [0.29, 0.717) is 0 Å². The molecule has 7 aromatic carbocycles. The molecular weight excluding hydrogens is 603 g/mol. The summed E-state index contributed by atoms with van der Waals surface area (Å²) in [6.45, 7) is 0. The lowest BCUT2D eigenvalue weighted by atomic mass is 9.68. The zero-order valence-corrected chi connectivity index (χ0v) is 27.8. The third-order valence-corrected chi connectivity index (χ3v) is 10.3. The van der Waals surface area contributed by atoms with E-state index < -0.39 is 5.41 Å². The van der Waals surface area contributed by atoms with Gasteiger partial charge in [0.1, 0.15) is 0 Å². The van der Waals surface area contributed by atoms with Gasteiger partial charge in [0.15, 0.2) is 0 Å². The Bertz CT molecular complexity index is 2310. The molecule has 0 saturated carbocycles. The molecule has 0 unspecified atom stereocenters. The van der Waals surface area contributed by atoms with Crippen LogP contribution in [0.2, 0.25) is 0 Å². The minimum Gasteiger partial charge on any atom is -0.302 e. The molecule has 1 heteroatoms. The molecular formula is C49H35N. The molecule has 0 amide bonds. The van der Waals surface area contributed by atoms with Gasteiger partial charge < -0.3 is 4.90 Å². The molecule has 0 aromatic heterocycles. The van der Waals surface area contributed by atoms with Gasteiger partial charge in [0.25, 0.3) is 0 Å². The van der Waals surface area contributed by atoms with Crippen molar-refractivity contribution in [3.8, 4) is 22.3 Å². The number of para-hydroxylation sites is 1. The van der Waals surface area contributed by atoms with Gasteiger partial charge in [-0.3, -0.25) is 0 Å². The Hall–Kier alpha value is -6.36. The third-order valence-electron chi connectivity index (χ3n) is 10.3. The lowest BCUT2D eigenvalue weighted by Gasteiger charge is -2.34. The van der Waals surface area contributed by atoms with Crippen LogP contribution in [0.1, 0.15) is 40.7 Å². The summed E-state index contributed by atoms with van der Waals surface area (Å²) >= 11 is 0. The van der Waals surface area contributed by atoms with Crippen molar-refractivity contribution in [3.63, 3.8) is 0 Å². The SMILES string of the molecule is c1c(-c2ccccc2)ccc(N(c2ccccc2C2=CC=CCC2)c2cccc3c2-c2ccccc2C3(c2ccccc2)c2ccccc2)c#1. The number of anilines is 3. The van der Waals surface area contributed by atoms with Gasteiger partial charge in [-0.25, -0.2) is 0 Å². The van der Waals surface area contributed by atoms with Crippen molar-refractivity contribution in [2.75, 3.05) is 4.90 Å². The van der Waals surface area contributed by atoms with E-state index in [4.69, 9.17) is 0 Å². The number of hydrogen-bond acceptors (Lipinski definition) is 1. The highest BCUT2D eigenvalue weighted by Gasteiger charge is 2.47. The van der Waals surface area contributed by atoms with Crippen LogP contribution in [0, 0.1) is 12.1 Å². The summed E-state index contributed by atoms with van der Waals surface area (Å²) in [7, 11) is 0.